The second kappa shape index (κ2) is 10.8. The highest BCUT2D eigenvalue weighted by Gasteiger charge is 2.23. The van der Waals surface area contributed by atoms with Crippen LogP contribution in [0.1, 0.15) is 46.7 Å². The first-order valence-corrected chi connectivity index (χ1v) is 10.8. The summed E-state index contributed by atoms with van der Waals surface area (Å²) in [7, 11) is 1.47. The molecule has 31 heavy (non-hydrogen) atoms. The minimum Gasteiger partial charge on any atom is -0.375 e. The van der Waals surface area contributed by atoms with Gasteiger partial charge in [-0.3, -0.25) is 9.59 Å². The van der Waals surface area contributed by atoms with E-state index in [9.17, 15) is 9.59 Å². The first kappa shape index (κ1) is 24.9. The van der Waals surface area contributed by atoms with Crippen LogP contribution in [0.2, 0.25) is 5.02 Å². The molecule has 0 saturated heterocycles. The zero-order valence-corrected chi connectivity index (χ0v) is 20.0. The Labute approximate surface area is 189 Å². The van der Waals surface area contributed by atoms with E-state index in [0.29, 0.717) is 23.3 Å². The molecule has 2 rings (SSSR count). The fourth-order valence-electron chi connectivity index (χ4n) is 2.89. The molecule has 1 aromatic heterocycles. The maximum Gasteiger partial charge on any atom is 0.249 e. The van der Waals surface area contributed by atoms with E-state index in [-0.39, 0.29) is 30.4 Å². The van der Waals surface area contributed by atoms with Crippen LogP contribution in [-0.2, 0) is 19.7 Å². The Kier molecular flexibility index (Phi) is 8.65. The van der Waals surface area contributed by atoms with Crippen LogP contribution in [0.3, 0.4) is 0 Å². The molecular weight excluding hydrogens is 416 g/mol. The third-order valence-electron chi connectivity index (χ3n) is 4.75. The Morgan fingerprint density at radius 3 is 2.42 bits per heavy atom. The number of anilines is 1. The molecule has 1 N–H and O–H groups in total. The predicted octanol–water partition coefficient (Wildman–Crippen LogP) is 4.28. The van der Waals surface area contributed by atoms with Crippen molar-refractivity contribution in [1.82, 2.24) is 14.7 Å². The fourth-order valence-corrected chi connectivity index (χ4v) is 3.02. The van der Waals surface area contributed by atoms with Gasteiger partial charge in [0.25, 0.3) is 0 Å². The van der Waals surface area contributed by atoms with Crippen molar-refractivity contribution in [2.45, 2.75) is 46.5 Å². The smallest absolute Gasteiger partial charge is 0.249 e. The topological polar surface area (TPSA) is 76.5 Å². The van der Waals surface area contributed by atoms with Crippen LogP contribution < -0.4 is 5.32 Å². The summed E-state index contributed by atoms with van der Waals surface area (Å²) in [5, 5.41) is 8.24. The van der Waals surface area contributed by atoms with E-state index in [1.165, 1.54) is 12.0 Å². The van der Waals surface area contributed by atoms with E-state index < -0.39 is 0 Å². The molecule has 0 aliphatic rings. The minimum atomic E-state index is -0.288. The van der Waals surface area contributed by atoms with Crippen LogP contribution in [0, 0.1) is 5.92 Å². The van der Waals surface area contributed by atoms with Crippen molar-refractivity contribution in [2.24, 2.45) is 5.92 Å². The summed E-state index contributed by atoms with van der Waals surface area (Å²) in [5.74, 6) is 0.463. The average Bonchev–Trinajstić information content (AvgIpc) is 3.09. The number of halogens is 1. The summed E-state index contributed by atoms with van der Waals surface area (Å²) in [6, 6.07) is 9.10. The van der Waals surface area contributed by atoms with Crippen LogP contribution in [-0.4, -0.2) is 53.3 Å². The fraction of sp³-hybridized carbons (Fsp3) is 0.522. The first-order valence-electron chi connectivity index (χ1n) is 10.4. The Balaban J connectivity index is 2.26. The molecule has 0 atom stereocenters. The van der Waals surface area contributed by atoms with Crippen LogP contribution in [0.15, 0.2) is 30.3 Å². The summed E-state index contributed by atoms with van der Waals surface area (Å²) in [5.41, 5.74) is 1.42. The van der Waals surface area contributed by atoms with E-state index in [1.807, 2.05) is 18.2 Å². The molecule has 2 amide bonds. The number of methoxy groups -OCH3 is 1. The van der Waals surface area contributed by atoms with Gasteiger partial charge in [-0.15, -0.1) is 0 Å². The van der Waals surface area contributed by atoms with E-state index in [4.69, 9.17) is 21.4 Å². The number of carbonyl (C=O) groups excluding carboxylic acids is 2. The van der Waals surface area contributed by atoms with Gasteiger partial charge in [0.05, 0.1) is 17.9 Å². The summed E-state index contributed by atoms with van der Waals surface area (Å²) in [6.07, 6.45) is 0.805. The van der Waals surface area contributed by atoms with Crippen LogP contribution in [0.25, 0.3) is 5.69 Å². The highest BCUT2D eigenvalue weighted by Crippen LogP contribution is 2.26. The molecule has 170 valence electrons. The molecule has 0 spiro atoms. The zero-order chi connectivity index (χ0) is 23.2. The van der Waals surface area contributed by atoms with Gasteiger partial charge in [0, 0.05) is 30.2 Å². The molecule has 0 saturated carbocycles. The number of aromatic nitrogens is 2. The maximum absolute atomic E-state index is 12.9. The minimum absolute atomic E-state index is 0.0500. The average molecular weight is 449 g/mol. The summed E-state index contributed by atoms with van der Waals surface area (Å²) >= 11 is 6.02. The Morgan fingerprint density at radius 2 is 1.87 bits per heavy atom. The van der Waals surface area contributed by atoms with E-state index in [1.54, 1.807) is 16.8 Å². The summed E-state index contributed by atoms with van der Waals surface area (Å²) in [6.45, 7) is 10.7. The maximum atomic E-state index is 12.9. The number of benzene rings is 1. The Hall–Kier alpha value is -2.38. The number of nitrogens with zero attached hydrogens (tertiary/aromatic N) is 3. The zero-order valence-electron chi connectivity index (χ0n) is 19.2. The van der Waals surface area contributed by atoms with Gasteiger partial charge >= 0.3 is 0 Å². The van der Waals surface area contributed by atoms with Crippen molar-refractivity contribution in [3.63, 3.8) is 0 Å². The molecule has 0 aliphatic heterocycles. The molecule has 1 heterocycles. The van der Waals surface area contributed by atoms with Gasteiger partial charge in [-0.1, -0.05) is 46.2 Å². The molecule has 0 bridgehead atoms. The Bertz CT molecular complexity index is 885. The number of hydrogen-bond acceptors (Lipinski definition) is 4. The third kappa shape index (κ3) is 7.36. The standard InChI is InChI=1S/C23H33ClN4O3/c1-16(2)11-12-27(22(30)15-31-6)14-21(29)25-20-13-19(23(3,4)5)26-28(20)18-9-7-17(24)8-10-18/h7-10,13,16H,11-12,14-15H2,1-6H3,(H,25,29). The second-order valence-electron chi connectivity index (χ2n) is 9.03. The number of nitrogens with one attached hydrogen (secondary N) is 1. The molecule has 7 nitrogen and oxygen atoms in total. The van der Waals surface area contributed by atoms with Gasteiger partial charge in [0.2, 0.25) is 11.8 Å². The van der Waals surface area contributed by atoms with Gasteiger partial charge in [0.1, 0.15) is 12.4 Å². The number of hydrogen-bond donors (Lipinski definition) is 1. The molecule has 0 unspecified atom stereocenters. The molecule has 0 fully saturated rings. The van der Waals surface area contributed by atoms with Crippen LogP contribution in [0.5, 0.6) is 0 Å². The monoisotopic (exact) mass is 448 g/mol. The van der Waals surface area contributed by atoms with Crippen molar-refractivity contribution < 1.29 is 14.3 Å². The van der Waals surface area contributed by atoms with Crippen molar-refractivity contribution in [2.75, 3.05) is 32.1 Å². The normalized spacial score (nSPS) is 11.6. The van der Waals surface area contributed by atoms with Crippen molar-refractivity contribution in [1.29, 1.82) is 0 Å². The van der Waals surface area contributed by atoms with Crippen molar-refractivity contribution in [3.05, 3.63) is 41.0 Å². The summed E-state index contributed by atoms with van der Waals surface area (Å²) < 4.78 is 6.66. The number of rotatable bonds is 9. The van der Waals surface area contributed by atoms with E-state index >= 15 is 0 Å². The van der Waals surface area contributed by atoms with E-state index in [0.717, 1.165) is 17.8 Å². The molecule has 0 aliphatic carbocycles. The first-order chi connectivity index (χ1) is 14.5. The van der Waals surface area contributed by atoms with Gasteiger partial charge in [0.15, 0.2) is 0 Å². The van der Waals surface area contributed by atoms with Gasteiger partial charge in [-0.05, 0) is 36.6 Å². The van der Waals surface area contributed by atoms with Gasteiger partial charge in [-0.25, -0.2) is 4.68 Å². The molecular formula is C23H33ClN4O3. The van der Waals surface area contributed by atoms with Crippen LogP contribution in [0.4, 0.5) is 5.82 Å². The lowest BCUT2D eigenvalue weighted by molar-refractivity contribution is -0.138. The SMILES string of the molecule is COCC(=O)N(CCC(C)C)CC(=O)Nc1cc(C(C)(C)C)nn1-c1ccc(Cl)cc1. The van der Waals surface area contributed by atoms with Gasteiger partial charge < -0.3 is 15.0 Å². The lowest BCUT2D eigenvalue weighted by Gasteiger charge is -2.23. The largest absolute Gasteiger partial charge is 0.375 e. The molecule has 2 aromatic rings. The Morgan fingerprint density at radius 1 is 1.23 bits per heavy atom. The quantitative estimate of drug-likeness (QED) is 0.621. The van der Waals surface area contributed by atoms with Gasteiger partial charge in [-0.2, -0.15) is 5.10 Å². The molecule has 1 aromatic carbocycles. The molecule has 0 radical (unpaired) electrons. The number of ether oxygens (including phenoxy) is 1. The lowest BCUT2D eigenvalue weighted by Crippen LogP contribution is -2.41. The summed E-state index contributed by atoms with van der Waals surface area (Å²) in [4.78, 5) is 26.8. The van der Waals surface area contributed by atoms with Crippen molar-refractivity contribution in [3.8, 4) is 5.69 Å². The number of carbonyl (C=O) groups is 2. The highest BCUT2D eigenvalue weighted by molar-refractivity contribution is 6.30. The predicted molar refractivity (Wildman–Crippen MR) is 124 cm³/mol. The van der Waals surface area contributed by atoms with Crippen LogP contribution >= 0.6 is 11.6 Å². The van der Waals surface area contributed by atoms with E-state index in [2.05, 4.69) is 39.9 Å². The lowest BCUT2D eigenvalue weighted by atomic mass is 9.92. The second-order valence-corrected chi connectivity index (χ2v) is 9.47. The highest BCUT2D eigenvalue weighted by atomic mass is 35.5. The van der Waals surface area contributed by atoms with Crippen molar-refractivity contribution >= 4 is 29.2 Å². The number of amides is 2. The molecule has 8 heteroatoms. The third-order valence-corrected chi connectivity index (χ3v) is 5.00.